The van der Waals surface area contributed by atoms with E-state index >= 15 is 0 Å². The molecule has 0 spiro atoms. The highest BCUT2D eigenvalue weighted by molar-refractivity contribution is 5.83. The molecule has 0 radical (unpaired) electrons. The molecule has 33 heavy (non-hydrogen) atoms. The summed E-state index contributed by atoms with van der Waals surface area (Å²) in [5.74, 6) is 0.549. The van der Waals surface area contributed by atoms with Crippen molar-refractivity contribution in [2.24, 2.45) is 0 Å². The maximum atomic E-state index is 13.5. The quantitative estimate of drug-likeness (QED) is 0.568. The van der Waals surface area contributed by atoms with E-state index in [1.807, 2.05) is 84.8 Å². The molecule has 0 aliphatic carbocycles. The summed E-state index contributed by atoms with van der Waals surface area (Å²) in [6.45, 7) is 7.27. The Morgan fingerprint density at radius 1 is 1.12 bits per heavy atom. The van der Waals surface area contributed by atoms with Gasteiger partial charge in [-0.1, -0.05) is 42.5 Å². The lowest BCUT2D eigenvalue weighted by Crippen LogP contribution is -2.40. The van der Waals surface area contributed by atoms with Gasteiger partial charge >= 0.3 is 0 Å². The molecule has 2 amide bonds. The van der Waals surface area contributed by atoms with Gasteiger partial charge in [0.15, 0.2) is 0 Å². The van der Waals surface area contributed by atoms with Crippen molar-refractivity contribution in [1.82, 2.24) is 19.8 Å². The normalized spacial score (nSPS) is 16.8. The second kappa shape index (κ2) is 10.2. The van der Waals surface area contributed by atoms with Crippen LogP contribution in [-0.4, -0.2) is 45.0 Å². The number of ether oxygens (including phenoxy) is 1. The van der Waals surface area contributed by atoms with Gasteiger partial charge in [0.25, 0.3) is 0 Å². The highest BCUT2D eigenvalue weighted by Crippen LogP contribution is 2.23. The average Bonchev–Trinajstić information content (AvgIpc) is 3.47. The SMILES string of the molecule is CC(NC(=O)C1CCCO1)c1nc2ccccc2n1CC(=O)N(Cc1ccccc1)C(C)C. The smallest absolute Gasteiger partial charge is 0.249 e. The van der Waals surface area contributed by atoms with Crippen LogP contribution in [-0.2, 0) is 27.4 Å². The van der Waals surface area contributed by atoms with E-state index in [1.165, 1.54) is 0 Å². The fourth-order valence-electron chi connectivity index (χ4n) is 4.31. The third kappa shape index (κ3) is 5.25. The molecule has 2 unspecified atom stereocenters. The topological polar surface area (TPSA) is 76.5 Å². The van der Waals surface area contributed by atoms with Crippen molar-refractivity contribution in [2.45, 2.75) is 64.9 Å². The summed E-state index contributed by atoms with van der Waals surface area (Å²) in [5, 5.41) is 3.03. The summed E-state index contributed by atoms with van der Waals surface area (Å²) >= 11 is 0. The van der Waals surface area contributed by atoms with Crippen molar-refractivity contribution in [2.75, 3.05) is 6.61 Å². The summed E-state index contributed by atoms with van der Waals surface area (Å²) in [4.78, 5) is 32.8. The Morgan fingerprint density at radius 3 is 2.55 bits per heavy atom. The van der Waals surface area contributed by atoms with Crippen LogP contribution >= 0.6 is 0 Å². The van der Waals surface area contributed by atoms with E-state index in [4.69, 9.17) is 9.72 Å². The third-order valence-corrected chi connectivity index (χ3v) is 6.09. The van der Waals surface area contributed by atoms with E-state index in [9.17, 15) is 9.59 Å². The van der Waals surface area contributed by atoms with Crippen LogP contribution in [0.5, 0.6) is 0 Å². The predicted molar refractivity (Wildman–Crippen MR) is 127 cm³/mol. The molecule has 0 saturated carbocycles. The van der Waals surface area contributed by atoms with Gasteiger partial charge < -0.3 is 19.5 Å². The standard InChI is InChI=1S/C26H32N4O3/c1-18(2)29(16-20-10-5-4-6-11-20)24(31)17-30-22-13-8-7-12-21(22)28-25(30)19(3)27-26(32)23-14-9-15-33-23/h4-8,10-13,18-19,23H,9,14-17H2,1-3H3,(H,27,32). The largest absolute Gasteiger partial charge is 0.368 e. The number of carbonyl (C=O) groups is 2. The van der Waals surface area contributed by atoms with Gasteiger partial charge in [-0.3, -0.25) is 9.59 Å². The highest BCUT2D eigenvalue weighted by Gasteiger charge is 2.28. The van der Waals surface area contributed by atoms with Crippen molar-refractivity contribution < 1.29 is 14.3 Å². The first-order chi connectivity index (χ1) is 15.9. The number of amides is 2. The number of hydrogen-bond donors (Lipinski definition) is 1. The lowest BCUT2D eigenvalue weighted by atomic mass is 10.2. The second-order valence-corrected chi connectivity index (χ2v) is 8.88. The summed E-state index contributed by atoms with van der Waals surface area (Å²) < 4.78 is 7.45. The number of fused-ring (bicyclic) bond motifs is 1. The molecule has 1 aromatic heterocycles. The van der Waals surface area contributed by atoms with E-state index in [0.717, 1.165) is 29.4 Å². The molecule has 7 heteroatoms. The fourth-order valence-corrected chi connectivity index (χ4v) is 4.31. The highest BCUT2D eigenvalue weighted by atomic mass is 16.5. The fraction of sp³-hybridized carbons (Fsp3) is 0.423. The number of imidazole rings is 1. The summed E-state index contributed by atoms with van der Waals surface area (Å²) in [5.41, 5.74) is 2.77. The molecule has 1 aliphatic heterocycles. The zero-order valence-corrected chi connectivity index (χ0v) is 19.5. The number of nitrogens with zero attached hydrogens (tertiary/aromatic N) is 3. The van der Waals surface area contributed by atoms with E-state index in [2.05, 4.69) is 5.32 Å². The van der Waals surface area contributed by atoms with E-state index in [0.29, 0.717) is 19.0 Å². The van der Waals surface area contributed by atoms with Gasteiger partial charge in [0, 0.05) is 19.2 Å². The second-order valence-electron chi connectivity index (χ2n) is 8.88. The van der Waals surface area contributed by atoms with E-state index in [-0.39, 0.29) is 30.4 Å². The van der Waals surface area contributed by atoms with Gasteiger partial charge in [0.2, 0.25) is 11.8 Å². The van der Waals surface area contributed by atoms with Crippen LogP contribution in [0.3, 0.4) is 0 Å². The van der Waals surface area contributed by atoms with Crippen LogP contribution in [0.25, 0.3) is 11.0 Å². The molecule has 1 aliphatic rings. The maximum Gasteiger partial charge on any atom is 0.249 e. The molecule has 1 saturated heterocycles. The maximum absolute atomic E-state index is 13.5. The zero-order valence-electron chi connectivity index (χ0n) is 19.5. The number of benzene rings is 2. The number of hydrogen-bond acceptors (Lipinski definition) is 4. The first-order valence-electron chi connectivity index (χ1n) is 11.6. The van der Waals surface area contributed by atoms with Crippen molar-refractivity contribution in [3.63, 3.8) is 0 Å². The minimum atomic E-state index is -0.408. The Morgan fingerprint density at radius 2 is 1.85 bits per heavy atom. The van der Waals surface area contributed by atoms with Crippen LogP contribution in [0.1, 0.15) is 51.0 Å². The summed E-state index contributed by atoms with van der Waals surface area (Å²) in [7, 11) is 0. The van der Waals surface area contributed by atoms with Crippen molar-refractivity contribution in [1.29, 1.82) is 0 Å². The number of carbonyl (C=O) groups excluding carboxylic acids is 2. The number of rotatable bonds is 8. The number of para-hydroxylation sites is 2. The molecule has 4 rings (SSSR count). The Balaban J connectivity index is 1.59. The Kier molecular flexibility index (Phi) is 7.08. The number of aromatic nitrogens is 2. The first kappa shape index (κ1) is 23.0. The van der Waals surface area contributed by atoms with Crippen LogP contribution in [0.4, 0.5) is 0 Å². The zero-order chi connectivity index (χ0) is 23.4. The first-order valence-corrected chi connectivity index (χ1v) is 11.6. The molecular weight excluding hydrogens is 416 g/mol. The van der Waals surface area contributed by atoms with Gasteiger partial charge in [-0.15, -0.1) is 0 Å². The van der Waals surface area contributed by atoms with Crippen molar-refractivity contribution >= 4 is 22.8 Å². The van der Waals surface area contributed by atoms with E-state index < -0.39 is 6.10 Å². The van der Waals surface area contributed by atoms with Gasteiger partial charge in [-0.2, -0.15) is 0 Å². The number of nitrogens with one attached hydrogen (secondary N) is 1. The average molecular weight is 449 g/mol. The molecule has 7 nitrogen and oxygen atoms in total. The van der Waals surface area contributed by atoms with Crippen molar-refractivity contribution in [3.8, 4) is 0 Å². The predicted octanol–water partition coefficient (Wildman–Crippen LogP) is 3.83. The lowest BCUT2D eigenvalue weighted by Gasteiger charge is -2.28. The molecule has 2 aromatic carbocycles. The van der Waals surface area contributed by atoms with Crippen LogP contribution < -0.4 is 5.32 Å². The third-order valence-electron chi connectivity index (χ3n) is 6.09. The molecule has 1 N–H and O–H groups in total. The molecule has 2 heterocycles. The summed E-state index contributed by atoms with van der Waals surface area (Å²) in [6, 6.07) is 17.5. The minimum Gasteiger partial charge on any atom is -0.368 e. The van der Waals surface area contributed by atoms with Crippen LogP contribution in [0.15, 0.2) is 54.6 Å². The van der Waals surface area contributed by atoms with Crippen LogP contribution in [0, 0.1) is 0 Å². The molecule has 1 fully saturated rings. The van der Waals surface area contributed by atoms with Gasteiger partial charge in [-0.25, -0.2) is 4.98 Å². The van der Waals surface area contributed by atoms with Crippen molar-refractivity contribution in [3.05, 3.63) is 66.0 Å². The Labute approximate surface area is 194 Å². The molecule has 0 bridgehead atoms. The lowest BCUT2D eigenvalue weighted by molar-refractivity contribution is -0.134. The molecule has 3 aromatic rings. The van der Waals surface area contributed by atoms with Gasteiger partial charge in [0.1, 0.15) is 18.5 Å². The summed E-state index contributed by atoms with van der Waals surface area (Å²) in [6.07, 6.45) is 1.22. The molecule has 174 valence electrons. The van der Waals surface area contributed by atoms with Gasteiger partial charge in [0.05, 0.1) is 17.1 Å². The minimum absolute atomic E-state index is 0.0101. The molecular formula is C26H32N4O3. The van der Waals surface area contributed by atoms with Gasteiger partial charge in [-0.05, 0) is 51.3 Å². The Bertz CT molecular complexity index is 1100. The van der Waals surface area contributed by atoms with E-state index in [1.54, 1.807) is 0 Å². The van der Waals surface area contributed by atoms with Crippen LogP contribution in [0.2, 0.25) is 0 Å². The Hall–Kier alpha value is -3.19. The monoisotopic (exact) mass is 448 g/mol. The molecule has 2 atom stereocenters.